The van der Waals surface area contributed by atoms with Gasteiger partial charge in [-0.05, 0) is 44.9 Å². The number of likely N-dealkylation sites (tertiary alicyclic amines) is 1. The molecular weight excluding hydrogens is 270 g/mol. The average Bonchev–Trinajstić information content (AvgIpc) is 2.46. The van der Waals surface area contributed by atoms with Gasteiger partial charge < -0.3 is 14.7 Å². The molecule has 1 N–H and O–H groups in total. The summed E-state index contributed by atoms with van der Waals surface area (Å²) in [5.74, 6) is -0.422. The summed E-state index contributed by atoms with van der Waals surface area (Å²) in [6, 6.07) is -0.678. The lowest BCUT2D eigenvalue weighted by molar-refractivity contribution is -0.160. The van der Waals surface area contributed by atoms with Crippen LogP contribution in [0.5, 0.6) is 0 Å². The third-order valence-corrected chi connectivity index (χ3v) is 4.70. The van der Waals surface area contributed by atoms with E-state index in [9.17, 15) is 14.7 Å². The van der Waals surface area contributed by atoms with Gasteiger partial charge in [-0.25, -0.2) is 4.79 Å². The third kappa shape index (κ3) is 4.19. The highest BCUT2D eigenvalue weighted by Crippen LogP contribution is 2.27. The van der Waals surface area contributed by atoms with Crippen molar-refractivity contribution >= 4 is 11.9 Å². The highest BCUT2D eigenvalue weighted by Gasteiger charge is 2.35. The molecule has 2 aliphatic rings. The summed E-state index contributed by atoms with van der Waals surface area (Å²) in [6.45, 7) is 4.51. The maximum Gasteiger partial charge on any atom is 0.326 e. The molecule has 21 heavy (non-hydrogen) atoms. The molecule has 2 rings (SSSR count). The average molecular weight is 297 g/mol. The molecule has 0 aromatic rings. The van der Waals surface area contributed by atoms with Crippen molar-refractivity contribution in [2.75, 3.05) is 6.54 Å². The van der Waals surface area contributed by atoms with E-state index in [1.54, 1.807) is 6.92 Å². The van der Waals surface area contributed by atoms with E-state index in [1.807, 2.05) is 0 Å². The van der Waals surface area contributed by atoms with Crippen LogP contribution in [0.25, 0.3) is 0 Å². The van der Waals surface area contributed by atoms with Crippen molar-refractivity contribution in [2.45, 2.75) is 77.0 Å². The first-order chi connectivity index (χ1) is 9.99. The number of carbonyl (C=O) groups is 2. The normalized spacial score (nSPS) is 31.7. The van der Waals surface area contributed by atoms with Gasteiger partial charge in [-0.3, -0.25) is 4.79 Å². The van der Waals surface area contributed by atoms with Gasteiger partial charge in [-0.1, -0.05) is 19.8 Å². The SMILES string of the molecule is C[C@@H]1CCC[C@H](O[C@H](C)C(=O)N2CCCC[C@H]2C(=O)O)C1. The van der Waals surface area contributed by atoms with Gasteiger partial charge in [-0.15, -0.1) is 0 Å². The molecule has 1 aliphatic heterocycles. The number of amides is 1. The summed E-state index contributed by atoms with van der Waals surface area (Å²) in [4.78, 5) is 25.3. The number of carbonyl (C=O) groups excluding carboxylic acids is 1. The van der Waals surface area contributed by atoms with Crippen LogP contribution in [0, 0.1) is 5.92 Å². The van der Waals surface area contributed by atoms with E-state index >= 15 is 0 Å². The molecule has 0 bridgehead atoms. The number of nitrogens with zero attached hydrogens (tertiary/aromatic N) is 1. The zero-order chi connectivity index (χ0) is 15.4. The van der Waals surface area contributed by atoms with Gasteiger partial charge >= 0.3 is 5.97 Å². The number of aliphatic carboxylic acids is 1. The Morgan fingerprint density at radius 1 is 1.19 bits per heavy atom. The molecule has 0 aromatic carbocycles. The fraction of sp³-hybridized carbons (Fsp3) is 0.875. The van der Waals surface area contributed by atoms with E-state index in [4.69, 9.17) is 4.74 Å². The van der Waals surface area contributed by atoms with Crippen molar-refractivity contribution in [2.24, 2.45) is 5.92 Å². The molecule has 5 heteroatoms. The Labute approximate surface area is 126 Å². The highest BCUT2D eigenvalue weighted by molar-refractivity contribution is 5.86. The second-order valence-electron chi connectivity index (χ2n) is 6.55. The van der Waals surface area contributed by atoms with E-state index in [0.29, 0.717) is 18.9 Å². The number of carboxylic acid groups (broad SMARTS) is 1. The van der Waals surface area contributed by atoms with Crippen molar-refractivity contribution in [3.05, 3.63) is 0 Å². The molecule has 1 amide bonds. The minimum Gasteiger partial charge on any atom is -0.480 e. The summed E-state index contributed by atoms with van der Waals surface area (Å²) in [6.07, 6.45) is 6.28. The Kier molecular flexibility index (Phi) is 5.62. The van der Waals surface area contributed by atoms with Crippen LogP contribution in [0.2, 0.25) is 0 Å². The van der Waals surface area contributed by atoms with E-state index in [1.165, 1.54) is 11.3 Å². The molecule has 1 aliphatic carbocycles. The predicted octanol–water partition coefficient (Wildman–Crippen LogP) is 2.44. The molecule has 0 aromatic heterocycles. The quantitative estimate of drug-likeness (QED) is 0.865. The number of piperidine rings is 1. The first-order valence-corrected chi connectivity index (χ1v) is 8.17. The van der Waals surface area contributed by atoms with Crippen LogP contribution in [-0.2, 0) is 14.3 Å². The molecule has 4 atom stereocenters. The van der Waals surface area contributed by atoms with Gasteiger partial charge in [0.2, 0.25) is 0 Å². The van der Waals surface area contributed by atoms with Crippen LogP contribution in [-0.4, -0.2) is 46.7 Å². The Balaban J connectivity index is 1.92. The van der Waals surface area contributed by atoms with Crippen LogP contribution in [0.4, 0.5) is 0 Å². The minimum absolute atomic E-state index is 0.140. The van der Waals surface area contributed by atoms with E-state index in [2.05, 4.69) is 6.92 Å². The maximum absolute atomic E-state index is 12.5. The second kappa shape index (κ2) is 7.25. The van der Waals surface area contributed by atoms with E-state index in [0.717, 1.165) is 32.1 Å². The maximum atomic E-state index is 12.5. The molecule has 120 valence electrons. The third-order valence-electron chi connectivity index (χ3n) is 4.70. The summed E-state index contributed by atoms with van der Waals surface area (Å²) in [5, 5.41) is 9.26. The molecule has 0 spiro atoms. The Morgan fingerprint density at radius 2 is 1.95 bits per heavy atom. The Morgan fingerprint density at radius 3 is 2.62 bits per heavy atom. The Bertz CT molecular complexity index is 384. The zero-order valence-electron chi connectivity index (χ0n) is 13.1. The molecule has 1 saturated heterocycles. The van der Waals surface area contributed by atoms with Crippen molar-refractivity contribution in [3.8, 4) is 0 Å². The monoisotopic (exact) mass is 297 g/mol. The number of hydrogen-bond acceptors (Lipinski definition) is 3. The molecule has 0 radical (unpaired) electrons. The standard InChI is InChI=1S/C16H27NO4/c1-11-6-5-7-13(10-11)21-12(2)15(18)17-9-4-3-8-14(17)16(19)20/h11-14H,3-10H2,1-2H3,(H,19,20)/t11-,12-,13+,14+/m1/s1. The van der Waals surface area contributed by atoms with Crippen LogP contribution in [0.1, 0.15) is 58.8 Å². The summed E-state index contributed by atoms with van der Waals surface area (Å²) < 4.78 is 5.92. The lowest BCUT2D eigenvalue weighted by Crippen LogP contribution is -2.52. The summed E-state index contributed by atoms with van der Waals surface area (Å²) in [5.41, 5.74) is 0. The first kappa shape index (κ1) is 16.3. The van der Waals surface area contributed by atoms with Gasteiger partial charge in [-0.2, -0.15) is 0 Å². The van der Waals surface area contributed by atoms with Gasteiger partial charge in [0, 0.05) is 6.54 Å². The number of ether oxygens (including phenoxy) is 1. The summed E-state index contributed by atoms with van der Waals surface area (Å²) in [7, 11) is 0. The molecule has 1 saturated carbocycles. The van der Waals surface area contributed by atoms with Crippen molar-refractivity contribution in [1.29, 1.82) is 0 Å². The van der Waals surface area contributed by atoms with Crippen molar-refractivity contribution in [1.82, 2.24) is 4.90 Å². The fourth-order valence-corrected chi connectivity index (χ4v) is 3.53. The van der Waals surface area contributed by atoms with Crippen molar-refractivity contribution < 1.29 is 19.4 Å². The van der Waals surface area contributed by atoms with Crippen molar-refractivity contribution in [3.63, 3.8) is 0 Å². The molecule has 1 heterocycles. The molecule has 2 fully saturated rings. The predicted molar refractivity (Wildman–Crippen MR) is 79.0 cm³/mol. The van der Waals surface area contributed by atoms with Crippen LogP contribution < -0.4 is 0 Å². The number of rotatable bonds is 4. The Hall–Kier alpha value is -1.10. The molecule has 0 unspecified atom stereocenters. The number of carboxylic acids is 1. The zero-order valence-corrected chi connectivity index (χ0v) is 13.1. The largest absolute Gasteiger partial charge is 0.480 e. The smallest absolute Gasteiger partial charge is 0.326 e. The van der Waals surface area contributed by atoms with Crippen LogP contribution in [0.15, 0.2) is 0 Å². The minimum atomic E-state index is -0.901. The fourth-order valence-electron chi connectivity index (χ4n) is 3.53. The number of hydrogen-bond donors (Lipinski definition) is 1. The molecule has 5 nitrogen and oxygen atoms in total. The van der Waals surface area contributed by atoms with Gasteiger partial charge in [0.1, 0.15) is 12.1 Å². The summed E-state index contributed by atoms with van der Waals surface area (Å²) >= 11 is 0. The van der Waals surface area contributed by atoms with E-state index in [-0.39, 0.29) is 12.0 Å². The van der Waals surface area contributed by atoms with Gasteiger partial charge in [0.05, 0.1) is 6.10 Å². The second-order valence-corrected chi connectivity index (χ2v) is 6.55. The first-order valence-electron chi connectivity index (χ1n) is 8.17. The lowest BCUT2D eigenvalue weighted by atomic mass is 9.88. The van der Waals surface area contributed by atoms with Gasteiger partial charge in [0.25, 0.3) is 5.91 Å². The van der Waals surface area contributed by atoms with E-state index < -0.39 is 18.1 Å². The van der Waals surface area contributed by atoms with Crippen LogP contribution in [0.3, 0.4) is 0 Å². The topological polar surface area (TPSA) is 66.8 Å². The highest BCUT2D eigenvalue weighted by atomic mass is 16.5. The van der Waals surface area contributed by atoms with Gasteiger partial charge in [0.15, 0.2) is 0 Å². The molecular formula is C16H27NO4. The van der Waals surface area contributed by atoms with Crippen LogP contribution >= 0.6 is 0 Å². The lowest BCUT2D eigenvalue weighted by Gasteiger charge is -2.36.